The van der Waals surface area contributed by atoms with Gasteiger partial charge in [-0.3, -0.25) is 14.4 Å². The molecule has 6 heteroatoms. The van der Waals surface area contributed by atoms with Crippen LogP contribution in [0.25, 0.3) is 0 Å². The molecule has 16 heavy (non-hydrogen) atoms. The van der Waals surface area contributed by atoms with Crippen molar-refractivity contribution < 1.29 is 19.5 Å². The van der Waals surface area contributed by atoms with Crippen LogP contribution < -0.4 is 0 Å². The van der Waals surface area contributed by atoms with E-state index in [2.05, 4.69) is 0 Å². The number of carbonyl (C=O) groups excluding carboxylic acids is 2. The van der Waals surface area contributed by atoms with Gasteiger partial charge in [-0.1, -0.05) is 0 Å². The summed E-state index contributed by atoms with van der Waals surface area (Å²) >= 11 is 0. The number of hydrogen-bond acceptors (Lipinski definition) is 3. The summed E-state index contributed by atoms with van der Waals surface area (Å²) in [5.41, 5.74) is 0. The highest BCUT2D eigenvalue weighted by Crippen LogP contribution is 2.24. The number of aliphatic carboxylic acids is 1. The lowest BCUT2D eigenvalue weighted by atomic mass is 10.1. The first kappa shape index (κ1) is 10.9. The van der Waals surface area contributed by atoms with Crippen molar-refractivity contribution in [2.24, 2.45) is 5.92 Å². The SMILES string of the molecule is CC(=O)N1CC(N2CC(C(=O)O)CC2=O)C1. The van der Waals surface area contributed by atoms with Gasteiger partial charge >= 0.3 is 5.97 Å². The Bertz CT molecular complexity index is 349. The first-order valence-corrected chi connectivity index (χ1v) is 5.27. The van der Waals surface area contributed by atoms with Gasteiger partial charge in [-0.25, -0.2) is 0 Å². The van der Waals surface area contributed by atoms with Gasteiger partial charge in [0.15, 0.2) is 0 Å². The van der Waals surface area contributed by atoms with Crippen LogP contribution in [0.15, 0.2) is 0 Å². The first-order valence-electron chi connectivity index (χ1n) is 5.27. The molecule has 2 amide bonds. The lowest BCUT2D eigenvalue weighted by Crippen LogP contribution is -2.61. The van der Waals surface area contributed by atoms with Gasteiger partial charge in [-0.05, 0) is 0 Å². The second-order valence-electron chi connectivity index (χ2n) is 4.36. The van der Waals surface area contributed by atoms with Crippen molar-refractivity contribution in [1.29, 1.82) is 0 Å². The Morgan fingerprint density at radius 2 is 1.94 bits per heavy atom. The quantitative estimate of drug-likeness (QED) is 0.665. The van der Waals surface area contributed by atoms with E-state index in [9.17, 15) is 14.4 Å². The van der Waals surface area contributed by atoms with Crippen molar-refractivity contribution in [3.63, 3.8) is 0 Å². The van der Waals surface area contributed by atoms with E-state index in [0.717, 1.165) is 0 Å². The molecule has 2 fully saturated rings. The zero-order chi connectivity index (χ0) is 11.9. The Hall–Kier alpha value is -1.59. The van der Waals surface area contributed by atoms with E-state index >= 15 is 0 Å². The molecule has 0 aromatic heterocycles. The van der Waals surface area contributed by atoms with Crippen LogP contribution in [0.3, 0.4) is 0 Å². The van der Waals surface area contributed by atoms with Crippen LogP contribution in [-0.2, 0) is 14.4 Å². The number of carboxylic acids is 1. The molecule has 6 nitrogen and oxygen atoms in total. The smallest absolute Gasteiger partial charge is 0.308 e. The fourth-order valence-electron chi connectivity index (χ4n) is 2.16. The zero-order valence-corrected chi connectivity index (χ0v) is 9.05. The van der Waals surface area contributed by atoms with Crippen molar-refractivity contribution >= 4 is 17.8 Å². The fraction of sp³-hybridized carbons (Fsp3) is 0.700. The van der Waals surface area contributed by atoms with Crippen LogP contribution >= 0.6 is 0 Å². The van der Waals surface area contributed by atoms with Gasteiger partial charge < -0.3 is 14.9 Å². The van der Waals surface area contributed by atoms with Gasteiger partial charge in [0.2, 0.25) is 11.8 Å². The molecule has 2 aliphatic heterocycles. The monoisotopic (exact) mass is 226 g/mol. The third-order valence-electron chi connectivity index (χ3n) is 3.26. The summed E-state index contributed by atoms with van der Waals surface area (Å²) in [6.07, 6.45) is 0.0892. The highest BCUT2D eigenvalue weighted by Gasteiger charge is 2.42. The normalized spacial score (nSPS) is 25.8. The Morgan fingerprint density at radius 1 is 1.31 bits per heavy atom. The Morgan fingerprint density at radius 3 is 2.38 bits per heavy atom. The Labute approximate surface area is 92.8 Å². The van der Waals surface area contributed by atoms with E-state index in [4.69, 9.17) is 5.11 Å². The van der Waals surface area contributed by atoms with Crippen molar-refractivity contribution in [3.8, 4) is 0 Å². The second kappa shape index (κ2) is 3.77. The van der Waals surface area contributed by atoms with Crippen LogP contribution in [0.1, 0.15) is 13.3 Å². The summed E-state index contributed by atoms with van der Waals surface area (Å²) in [7, 11) is 0. The molecule has 2 heterocycles. The summed E-state index contributed by atoms with van der Waals surface area (Å²) in [6.45, 7) is 2.84. The number of carbonyl (C=O) groups is 3. The molecule has 2 aliphatic rings. The van der Waals surface area contributed by atoms with E-state index < -0.39 is 11.9 Å². The molecule has 1 unspecified atom stereocenters. The maximum absolute atomic E-state index is 11.6. The number of hydrogen-bond donors (Lipinski definition) is 1. The van der Waals surface area contributed by atoms with Crippen molar-refractivity contribution in [2.45, 2.75) is 19.4 Å². The highest BCUT2D eigenvalue weighted by atomic mass is 16.4. The minimum Gasteiger partial charge on any atom is -0.481 e. The second-order valence-corrected chi connectivity index (χ2v) is 4.36. The average Bonchev–Trinajstić information content (AvgIpc) is 2.45. The molecule has 0 bridgehead atoms. The van der Waals surface area contributed by atoms with Crippen LogP contribution in [0.4, 0.5) is 0 Å². The molecule has 2 rings (SSSR count). The van der Waals surface area contributed by atoms with E-state index in [1.807, 2.05) is 0 Å². The number of likely N-dealkylation sites (tertiary alicyclic amines) is 2. The predicted octanol–water partition coefficient (Wildman–Crippen LogP) is -0.850. The standard InChI is InChI=1S/C10H14N2O4/c1-6(13)11-4-8(5-11)12-3-7(10(15)16)2-9(12)14/h7-8H,2-5H2,1H3,(H,15,16). The third-order valence-corrected chi connectivity index (χ3v) is 3.26. The van der Waals surface area contributed by atoms with E-state index in [-0.39, 0.29) is 30.8 Å². The highest BCUT2D eigenvalue weighted by molar-refractivity contribution is 5.86. The maximum atomic E-state index is 11.6. The summed E-state index contributed by atoms with van der Waals surface area (Å²) in [5, 5.41) is 8.82. The molecule has 88 valence electrons. The topological polar surface area (TPSA) is 77.9 Å². The van der Waals surface area contributed by atoms with Gasteiger partial charge in [0, 0.05) is 33.0 Å². The van der Waals surface area contributed by atoms with Gasteiger partial charge in [0.05, 0.1) is 12.0 Å². The van der Waals surface area contributed by atoms with Gasteiger partial charge in [-0.2, -0.15) is 0 Å². The Balaban J connectivity index is 1.91. The third kappa shape index (κ3) is 1.75. The van der Waals surface area contributed by atoms with E-state index in [1.165, 1.54) is 6.92 Å². The predicted molar refractivity (Wildman–Crippen MR) is 53.5 cm³/mol. The van der Waals surface area contributed by atoms with Crippen LogP contribution in [0.5, 0.6) is 0 Å². The fourth-order valence-corrected chi connectivity index (χ4v) is 2.16. The summed E-state index contributed by atoms with van der Waals surface area (Å²) < 4.78 is 0. The minimum atomic E-state index is -0.918. The molecule has 1 N–H and O–H groups in total. The van der Waals surface area contributed by atoms with Crippen molar-refractivity contribution in [2.75, 3.05) is 19.6 Å². The summed E-state index contributed by atoms with van der Waals surface area (Å²) in [6, 6.07) is 0.0146. The number of amides is 2. The Kier molecular flexibility index (Phi) is 2.57. The lowest BCUT2D eigenvalue weighted by Gasteiger charge is -2.43. The molecule has 0 radical (unpaired) electrons. The molecule has 0 spiro atoms. The van der Waals surface area contributed by atoms with Gasteiger partial charge in [-0.15, -0.1) is 0 Å². The molecule has 0 aromatic rings. The largest absolute Gasteiger partial charge is 0.481 e. The zero-order valence-electron chi connectivity index (χ0n) is 9.05. The molecule has 0 aromatic carbocycles. The minimum absolute atomic E-state index is 0.00215. The molecular formula is C10H14N2O4. The van der Waals surface area contributed by atoms with Crippen molar-refractivity contribution in [1.82, 2.24) is 9.80 Å². The van der Waals surface area contributed by atoms with Crippen molar-refractivity contribution in [3.05, 3.63) is 0 Å². The van der Waals surface area contributed by atoms with Crippen LogP contribution in [-0.4, -0.2) is 58.4 Å². The molecule has 0 aliphatic carbocycles. The van der Waals surface area contributed by atoms with Crippen LogP contribution in [0.2, 0.25) is 0 Å². The average molecular weight is 226 g/mol. The number of nitrogens with zero attached hydrogens (tertiary/aromatic N) is 2. The number of rotatable bonds is 2. The van der Waals surface area contributed by atoms with Gasteiger partial charge in [0.1, 0.15) is 0 Å². The van der Waals surface area contributed by atoms with Crippen LogP contribution in [0, 0.1) is 5.92 Å². The lowest BCUT2D eigenvalue weighted by molar-refractivity contribution is -0.143. The molecular weight excluding hydrogens is 212 g/mol. The van der Waals surface area contributed by atoms with E-state index in [1.54, 1.807) is 9.80 Å². The molecule has 0 saturated carbocycles. The maximum Gasteiger partial charge on any atom is 0.308 e. The molecule has 1 atom stereocenters. The first-order chi connectivity index (χ1) is 7.49. The van der Waals surface area contributed by atoms with Gasteiger partial charge in [0.25, 0.3) is 0 Å². The summed E-state index contributed by atoms with van der Waals surface area (Å²) in [5.74, 6) is -1.62. The molecule has 2 saturated heterocycles. The summed E-state index contributed by atoms with van der Waals surface area (Å²) in [4.78, 5) is 36.5. The van der Waals surface area contributed by atoms with E-state index in [0.29, 0.717) is 13.1 Å². The number of carboxylic acid groups (broad SMARTS) is 1.